The fraction of sp³-hybridized carbons (Fsp3) is 0.0588. The van der Waals surface area contributed by atoms with E-state index in [1.807, 2.05) is 36.4 Å². The number of aliphatic hydroxyl groups excluding tert-OH is 1. The molecule has 0 spiro atoms. The Morgan fingerprint density at radius 2 is 1.86 bits per heavy atom. The predicted octanol–water partition coefficient (Wildman–Crippen LogP) is 3.43. The van der Waals surface area contributed by atoms with Crippen molar-refractivity contribution in [1.82, 2.24) is 0 Å². The lowest BCUT2D eigenvalue weighted by atomic mass is 10.1. The van der Waals surface area contributed by atoms with Gasteiger partial charge in [-0.1, -0.05) is 36.4 Å². The van der Waals surface area contributed by atoms with Gasteiger partial charge in [0.15, 0.2) is 5.78 Å². The molecule has 1 aromatic heterocycles. The van der Waals surface area contributed by atoms with Crippen molar-refractivity contribution in [3.8, 4) is 0 Å². The molecular weight excluding hydrogens is 268 g/mol. The Balaban J connectivity index is 2.33. The van der Waals surface area contributed by atoms with Gasteiger partial charge in [0, 0.05) is 16.8 Å². The summed E-state index contributed by atoms with van der Waals surface area (Å²) in [6, 6.07) is 12.8. The zero-order valence-corrected chi connectivity index (χ0v) is 11.3. The molecular formula is C17H12O4. The molecule has 0 amide bonds. The first-order valence-corrected chi connectivity index (χ1v) is 6.43. The third kappa shape index (κ3) is 2.31. The number of allylic oxidation sites excluding steroid dienone is 1. The Morgan fingerprint density at radius 3 is 2.62 bits per heavy atom. The summed E-state index contributed by atoms with van der Waals surface area (Å²) in [6.45, 7) is 1.30. The van der Waals surface area contributed by atoms with Crippen LogP contribution >= 0.6 is 0 Å². The van der Waals surface area contributed by atoms with E-state index in [0.717, 1.165) is 16.8 Å². The molecule has 1 heterocycles. The van der Waals surface area contributed by atoms with Crippen molar-refractivity contribution in [1.29, 1.82) is 0 Å². The van der Waals surface area contributed by atoms with Crippen molar-refractivity contribution in [2.75, 3.05) is 0 Å². The van der Waals surface area contributed by atoms with Crippen molar-refractivity contribution < 1.29 is 14.3 Å². The molecule has 104 valence electrons. The predicted molar refractivity (Wildman–Crippen MR) is 81.3 cm³/mol. The average molecular weight is 280 g/mol. The second-order valence-electron chi connectivity index (χ2n) is 4.79. The van der Waals surface area contributed by atoms with Crippen LogP contribution in [0.1, 0.15) is 12.5 Å². The Labute approximate surface area is 119 Å². The van der Waals surface area contributed by atoms with Gasteiger partial charge in [0.1, 0.15) is 16.9 Å². The fourth-order valence-electron chi connectivity index (χ4n) is 2.30. The van der Waals surface area contributed by atoms with Crippen LogP contribution in [0.2, 0.25) is 0 Å². The van der Waals surface area contributed by atoms with Crippen LogP contribution in [0.5, 0.6) is 0 Å². The summed E-state index contributed by atoms with van der Waals surface area (Å²) in [4.78, 5) is 23.0. The minimum Gasteiger partial charge on any atom is -0.507 e. The van der Waals surface area contributed by atoms with Crippen LogP contribution in [0.3, 0.4) is 0 Å². The highest BCUT2D eigenvalue weighted by molar-refractivity contribution is 6.04. The van der Waals surface area contributed by atoms with Gasteiger partial charge in [-0.2, -0.15) is 0 Å². The number of benzene rings is 2. The summed E-state index contributed by atoms with van der Waals surface area (Å²) >= 11 is 0. The van der Waals surface area contributed by atoms with Crippen molar-refractivity contribution in [2.45, 2.75) is 6.92 Å². The maximum atomic E-state index is 12.0. The lowest BCUT2D eigenvalue weighted by Crippen LogP contribution is -2.07. The maximum Gasteiger partial charge on any atom is 0.347 e. The molecule has 0 fully saturated rings. The molecule has 0 bridgehead atoms. The molecule has 3 rings (SSSR count). The molecule has 4 nitrogen and oxygen atoms in total. The molecule has 2 aromatic carbocycles. The molecule has 0 aliphatic carbocycles. The lowest BCUT2D eigenvalue weighted by molar-refractivity contribution is -0.112. The van der Waals surface area contributed by atoms with Crippen LogP contribution in [0.25, 0.3) is 27.5 Å². The van der Waals surface area contributed by atoms with Gasteiger partial charge in [0.25, 0.3) is 0 Å². The summed E-state index contributed by atoms with van der Waals surface area (Å²) < 4.78 is 5.34. The molecule has 3 aromatic rings. The van der Waals surface area contributed by atoms with Gasteiger partial charge < -0.3 is 9.52 Å². The van der Waals surface area contributed by atoms with Crippen LogP contribution in [0, 0.1) is 0 Å². The number of ketones is 1. The summed E-state index contributed by atoms with van der Waals surface area (Å²) in [5, 5.41) is 12.3. The van der Waals surface area contributed by atoms with E-state index < -0.39 is 5.63 Å². The van der Waals surface area contributed by atoms with E-state index in [1.165, 1.54) is 13.0 Å². The van der Waals surface area contributed by atoms with Gasteiger partial charge in [-0.25, -0.2) is 4.79 Å². The number of carbonyl (C=O) groups is 1. The second kappa shape index (κ2) is 4.90. The van der Waals surface area contributed by atoms with E-state index >= 15 is 0 Å². The molecule has 0 saturated carbocycles. The van der Waals surface area contributed by atoms with E-state index in [0.29, 0.717) is 11.0 Å². The van der Waals surface area contributed by atoms with Crippen LogP contribution in [0.15, 0.2) is 57.8 Å². The van der Waals surface area contributed by atoms with Gasteiger partial charge >= 0.3 is 5.63 Å². The van der Waals surface area contributed by atoms with E-state index in [9.17, 15) is 14.7 Å². The van der Waals surface area contributed by atoms with Crippen molar-refractivity contribution in [3.05, 3.63) is 64.5 Å². The van der Waals surface area contributed by atoms with Crippen LogP contribution < -0.4 is 5.63 Å². The summed E-state index contributed by atoms with van der Waals surface area (Å²) in [5.41, 5.74) is -0.223. The van der Waals surface area contributed by atoms with Crippen molar-refractivity contribution in [2.24, 2.45) is 0 Å². The number of carbonyl (C=O) groups excluding carboxylic acids is 1. The Morgan fingerprint density at radius 1 is 1.14 bits per heavy atom. The zero-order valence-electron chi connectivity index (χ0n) is 11.3. The molecule has 0 aliphatic rings. The molecule has 0 atom stereocenters. The standard InChI is InChI=1S/C17H12O4/c1-10(18)8-15(19)14-9-12-7-6-11-4-2-3-5-13(11)16(12)21-17(14)20/h2-9,19H,1H3/b15-8-. The van der Waals surface area contributed by atoms with E-state index in [-0.39, 0.29) is 17.1 Å². The van der Waals surface area contributed by atoms with Gasteiger partial charge in [0.05, 0.1) is 0 Å². The monoisotopic (exact) mass is 280 g/mol. The number of hydrogen-bond donors (Lipinski definition) is 1. The molecule has 0 radical (unpaired) electrons. The van der Waals surface area contributed by atoms with Gasteiger partial charge in [-0.3, -0.25) is 4.79 Å². The second-order valence-corrected chi connectivity index (χ2v) is 4.79. The summed E-state index contributed by atoms with van der Waals surface area (Å²) in [7, 11) is 0. The number of rotatable bonds is 2. The Hall–Kier alpha value is -2.88. The highest BCUT2D eigenvalue weighted by atomic mass is 16.4. The van der Waals surface area contributed by atoms with Crippen LogP contribution in [-0.2, 0) is 4.79 Å². The first-order valence-electron chi connectivity index (χ1n) is 6.43. The third-order valence-corrected chi connectivity index (χ3v) is 3.24. The molecule has 0 aliphatic heterocycles. The van der Waals surface area contributed by atoms with E-state index in [4.69, 9.17) is 4.42 Å². The fourth-order valence-corrected chi connectivity index (χ4v) is 2.30. The normalized spacial score (nSPS) is 12.0. The molecule has 1 N–H and O–H groups in total. The smallest absolute Gasteiger partial charge is 0.347 e. The van der Waals surface area contributed by atoms with Gasteiger partial charge in [-0.15, -0.1) is 0 Å². The van der Waals surface area contributed by atoms with Crippen LogP contribution in [-0.4, -0.2) is 10.9 Å². The lowest BCUT2D eigenvalue weighted by Gasteiger charge is -2.04. The van der Waals surface area contributed by atoms with Crippen molar-refractivity contribution >= 4 is 33.3 Å². The van der Waals surface area contributed by atoms with Gasteiger partial charge in [0.2, 0.25) is 0 Å². The highest BCUT2D eigenvalue weighted by Gasteiger charge is 2.11. The topological polar surface area (TPSA) is 67.5 Å². The number of aliphatic hydroxyl groups is 1. The molecule has 21 heavy (non-hydrogen) atoms. The third-order valence-electron chi connectivity index (χ3n) is 3.24. The minimum absolute atomic E-state index is 0.0204. The first kappa shape index (κ1) is 13.1. The first-order chi connectivity index (χ1) is 10.1. The SMILES string of the molecule is CC(=O)/C=C(\O)c1cc2ccc3ccccc3c2oc1=O. The van der Waals surface area contributed by atoms with E-state index in [2.05, 4.69) is 0 Å². The summed E-state index contributed by atoms with van der Waals surface area (Å²) in [6.07, 6.45) is 0.999. The van der Waals surface area contributed by atoms with Crippen molar-refractivity contribution in [3.63, 3.8) is 0 Å². The average Bonchev–Trinajstić information content (AvgIpc) is 2.45. The molecule has 0 saturated heterocycles. The largest absolute Gasteiger partial charge is 0.507 e. The zero-order chi connectivity index (χ0) is 15.0. The molecule has 0 unspecified atom stereocenters. The summed E-state index contributed by atoms with van der Waals surface area (Å²) in [5.74, 6) is -0.725. The Kier molecular flexibility index (Phi) is 3.06. The quantitative estimate of drug-likeness (QED) is 0.338. The van der Waals surface area contributed by atoms with E-state index in [1.54, 1.807) is 0 Å². The Bertz CT molecular complexity index is 948. The van der Waals surface area contributed by atoms with Gasteiger partial charge in [-0.05, 0) is 18.4 Å². The molecule has 4 heteroatoms. The number of fused-ring (bicyclic) bond motifs is 3. The highest BCUT2D eigenvalue weighted by Crippen LogP contribution is 2.25. The maximum absolute atomic E-state index is 12.0. The number of hydrogen-bond acceptors (Lipinski definition) is 4. The van der Waals surface area contributed by atoms with Crippen LogP contribution in [0.4, 0.5) is 0 Å². The minimum atomic E-state index is -0.672.